The first-order valence-corrected chi connectivity index (χ1v) is 5.33. The lowest BCUT2D eigenvalue weighted by molar-refractivity contribution is 1.33. The van der Waals surface area contributed by atoms with Crippen LogP contribution in [0.1, 0.15) is 5.56 Å². The van der Waals surface area contributed by atoms with Crippen LogP contribution in [-0.2, 0) is 0 Å². The molecule has 2 aromatic heterocycles. The number of fused-ring (bicyclic) bond motifs is 1. The molecule has 0 amide bonds. The zero-order valence-corrected chi connectivity index (χ0v) is 9.07. The molecule has 0 bridgehead atoms. The Bertz CT molecular complexity index is 624. The molecule has 0 aliphatic rings. The van der Waals surface area contributed by atoms with Gasteiger partial charge in [0.25, 0.3) is 0 Å². The third-order valence-corrected chi connectivity index (χ3v) is 2.90. The van der Waals surface area contributed by atoms with Crippen LogP contribution in [0.25, 0.3) is 22.0 Å². The van der Waals surface area contributed by atoms with Crippen LogP contribution < -0.4 is 0 Å². The van der Waals surface area contributed by atoms with E-state index in [9.17, 15) is 0 Å². The predicted molar refractivity (Wildman–Crippen MR) is 66.3 cm³/mol. The van der Waals surface area contributed by atoms with E-state index in [2.05, 4.69) is 47.4 Å². The molecule has 0 saturated heterocycles. The fraction of sp³-hybridized carbons (Fsp3) is 0.0714. The van der Waals surface area contributed by atoms with Gasteiger partial charge in [0, 0.05) is 40.6 Å². The Hall–Kier alpha value is -2.09. The van der Waals surface area contributed by atoms with Gasteiger partial charge in [-0.2, -0.15) is 0 Å². The maximum absolute atomic E-state index is 4.16. The molecule has 16 heavy (non-hydrogen) atoms. The van der Waals surface area contributed by atoms with Crippen molar-refractivity contribution in [1.82, 2.24) is 9.97 Å². The number of nitrogens with one attached hydrogen (secondary N) is 1. The number of para-hydroxylation sites is 1. The van der Waals surface area contributed by atoms with E-state index in [1.807, 2.05) is 12.3 Å². The second-order valence-corrected chi connectivity index (χ2v) is 3.94. The number of aromatic amines is 1. The molecule has 0 aliphatic heterocycles. The van der Waals surface area contributed by atoms with Crippen molar-refractivity contribution in [3.8, 4) is 11.1 Å². The molecule has 78 valence electrons. The van der Waals surface area contributed by atoms with Crippen LogP contribution in [0.4, 0.5) is 0 Å². The lowest BCUT2D eigenvalue weighted by atomic mass is 10.1. The maximum atomic E-state index is 4.16. The van der Waals surface area contributed by atoms with E-state index in [-0.39, 0.29) is 0 Å². The number of aromatic nitrogens is 2. The van der Waals surface area contributed by atoms with Crippen molar-refractivity contribution in [3.63, 3.8) is 0 Å². The molecule has 3 aromatic rings. The Labute approximate surface area is 94.0 Å². The zero-order chi connectivity index (χ0) is 11.0. The molecular weight excluding hydrogens is 196 g/mol. The number of pyridine rings is 1. The molecule has 0 atom stereocenters. The Kier molecular flexibility index (Phi) is 2.00. The molecule has 0 fully saturated rings. The molecule has 0 spiro atoms. The van der Waals surface area contributed by atoms with E-state index < -0.39 is 0 Å². The summed E-state index contributed by atoms with van der Waals surface area (Å²) in [5.74, 6) is 0. The van der Waals surface area contributed by atoms with E-state index >= 15 is 0 Å². The topological polar surface area (TPSA) is 28.7 Å². The van der Waals surface area contributed by atoms with Crippen molar-refractivity contribution in [2.45, 2.75) is 6.92 Å². The summed E-state index contributed by atoms with van der Waals surface area (Å²) in [7, 11) is 0. The third-order valence-electron chi connectivity index (χ3n) is 2.90. The van der Waals surface area contributed by atoms with Gasteiger partial charge >= 0.3 is 0 Å². The van der Waals surface area contributed by atoms with Crippen molar-refractivity contribution in [2.75, 3.05) is 0 Å². The standard InChI is InChI=1S/C14H12N2/c1-10-4-2-6-12-13(9-16-14(10)12)11-5-3-7-15-8-11/h2-9,16H,1H3. The summed E-state index contributed by atoms with van der Waals surface area (Å²) >= 11 is 0. The second-order valence-electron chi connectivity index (χ2n) is 3.94. The highest BCUT2D eigenvalue weighted by Gasteiger charge is 2.06. The van der Waals surface area contributed by atoms with Gasteiger partial charge in [0.15, 0.2) is 0 Å². The first-order chi connectivity index (χ1) is 7.86. The Balaban J connectivity index is 2.30. The molecule has 1 N–H and O–H groups in total. The highest BCUT2D eigenvalue weighted by Crippen LogP contribution is 2.29. The van der Waals surface area contributed by atoms with Gasteiger partial charge in [-0.05, 0) is 18.6 Å². The van der Waals surface area contributed by atoms with Gasteiger partial charge in [0.1, 0.15) is 0 Å². The number of aryl methyl sites for hydroxylation is 1. The summed E-state index contributed by atoms with van der Waals surface area (Å²) in [5, 5.41) is 1.26. The van der Waals surface area contributed by atoms with Crippen molar-refractivity contribution in [2.24, 2.45) is 0 Å². The highest BCUT2D eigenvalue weighted by atomic mass is 14.7. The normalized spacial score (nSPS) is 10.8. The number of benzene rings is 1. The first-order valence-electron chi connectivity index (χ1n) is 5.33. The van der Waals surface area contributed by atoms with E-state index in [0.717, 1.165) is 5.56 Å². The molecule has 0 unspecified atom stereocenters. The second kappa shape index (κ2) is 3.49. The predicted octanol–water partition coefficient (Wildman–Crippen LogP) is 3.54. The van der Waals surface area contributed by atoms with Gasteiger partial charge < -0.3 is 4.98 Å². The summed E-state index contributed by atoms with van der Waals surface area (Å²) < 4.78 is 0. The number of hydrogen-bond acceptors (Lipinski definition) is 1. The van der Waals surface area contributed by atoms with Crippen LogP contribution in [0.5, 0.6) is 0 Å². The van der Waals surface area contributed by atoms with Crippen molar-refractivity contribution >= 4 is 10.9 Å². The maximum Gasteiger partial charge on any atom is 0.0490 e. The smallest absolute Gasteiger partial charge is 0.0490 e. The molecule has 0 radical (unpaired) electrons. The van der Waals surface area contributed by atoms with Gasteiger partial charge in [0.05, 0.1) is 0 Å². The van der Waals surface area contributed by atoms with Crippen molar-refractivity contribution < 1.29 is 0 Å². The lowest BCUT2D eigenvalue weighted by Crippen LogP contribution is -1.77. The van der Waals surface area contributed by atoms with Crippen LogP contribution in [0, 0.1) is 6.92 Å². The molecule has 1 aromatic carbocycles. The van der Waals surface area contributed by atoms with E-state index in [0.29, 0.717) is 0 Å². The summed E-state index contributed by atoms with van der Waals surface area (Å²) in [6.45, 7) is 2.12. The van der Waals surface area contributed by atoms with Gasteiger partial charge in [-0.3, -0.25) is 4.98 Å². The largest absolute Gasteiger partial charge is 0.360 e. The summed E-state index contributed by atoms with van der Waals surface area (Å²) in [6, 6.07) is 10.4. The number of hydrogen-bond donors (Lipinski definition) is 1. The molecular formula is C14H12N2. The molecule has 0 aliphatic carbocycles. The quantitative estimate of drug-likeness (QED) is 0.651. The lowest BCUT2D eigenvalue weighted by Gasteiger charge is -1.99. The summed E-state index contributed by atoms with van der Waals surface area (Å²) in [6.07, 6.45) is 5.74. The molecule has 2 nitrogen and oxygen atoms in total. The van der Waals surface area contributed by atoms with Gasteiger partial charge in [0.2, 0.25) is 0 Å². The fourth-order valence-corrected chi connectivity index (χ4v) is 2.07. The summed E-state index contributed by atoms with van der Waals surface area (Å²) in [5.41, 5.74) is 4.85. The molecule has 0 saturated carbocycles. The van der Waals surface area contributed by atoms with Crippen molar-refractivity contribution in [3.05, 3.63) is 54.5 Å². The molecule has 3 rings (SSSR count). The van der Waals surface area contributed by atoms with Crippen LogP contribution in [0.2, 0.25) is 0 Å². The minimum absolute atomic E-state index is 1.15. The van der Waals surface area contributed by atoms with Crippen LogP contribution in [0.15, 0.2) is 48.9 Å². The number of rotatable bonds is 1. The van der Waals surface area contributed by atoms with E-state index in [1.165, 1.54) is 22.0 Å². The van der Waals surface area contributed by atoms with Gasteiger partial charge in [-0.25, -0.2) is 0 Å². The first kappa shape index (κ1) is 9.16. The third kappa shape index (κ3) is 1.31. The SMILES string of the molecule is Cc1cccc2c(-c3cccnc3)c[nH]c12. The number of nitrogens with zero attached hydrogens (tertiary/aromatic N) is 1. The minimum atomic E-state index is 1.15. The Morgan fingerprint density at radius 2 is 2.06 bits per heavy atom. The Morgan fingerprint density at radius 3 is 2.88 bits per heavy atom. The average molecular weight is 208 g/mol. The van der Waals surface area contributed by atoms with Crippen LogP contribution >= 0.6 is 0 Å². The van der Waals surface area contributed by atoms with Gasteiger partial charge in [-0.1, -0.05) is 24.3 Å². The van der Waals surface area contributed by atoms with Crippen LogP contribution in [-0.4, -0.2) is 9.97 Å². The van der Waals surface area contributed by atoms with Gasteiger partial charge in [-0.15, -0.1) is 0 Å². The molecule has 2 heteroatoms. The number of H-pyrrole nitrogens is 1. The summed E-state index contributed by atoms with van der Waals surface area (Å²) in [4.78, 5) is 7.48. The Morgan fingerprint density at radius 1 is 1.12 bits per heavy atom. The average Bonchev–Trinajstić information content (AvgIpc) is 2.75. The minimum Gasteiger partial charge on any atom is -0.360 e. The fourth-order valence-electron chi connectivity index (χ4n) is 2.07. The molecule has 2 heterocycles. The van der Waals surface area contributed by atoms with E-state index in [4.69, 9.17) is 0 Å². The van der Waals surface area contributed by atoms with Crippen LogP contribution in [0.3, 0.4) is 0 Å². The van der Waals surface area contributed by atoms with Crippen molar-refractivity contribution in [1.29, 1.82) is 0 Å². The monoisotopic (exact) mass is 208 g/mol. The zero-order valence-electron chi connectivity index (χ0n) is 9.07. The highest BCUT2D eigenvalue weighted by molar-refractivity contribution is 5.96. The van der Waals surface area contributed by atoms with E-state index in [1.54, 1.807) is 6.20 Å².